The summed E-state index contributed by atoms with van der Waals surface area (Å²) < 4.78 is 35.9. The zero-order chi connectivity index (χ0) is 26.0. The second kappa shape index (κ2) is 10.8. The number of nitrogens with zero attached hydrogens (tertiary/aromatic N) is 5. The number of fused-ring (bicyclic) bond motifs is 1. The van der Waals surface area contributed by atoms with Crippen LogP contribution in [-0.2, 0) is 21.4 Å². The third-order valence-corrected chi connectivity index (χ3v) is 9.63. The lowest BCUT2D eigenvalue weighted by Gasteiger charge is -2.33. The smallest absolute Gasteiger partial charge is 0.243 e. The molecule has 37 heavy (non-hydrogen) atoms. The van der Waals surface area contributed by atoms with Crippen molar-refractivity contribution in [3.63, 3.8) is 0 Å². The van der Waals surface area contributed by atoms with E-state index >= 15 is 0 Å². The number of halogens is 1. The molecule has 194 valence electrons. The maximum Gasteiger partial charge on any atom is 0.243 e. The summed E-state index contributed by atoms with van der Waals surface area (Å²) in [6, 6.07) is 13.7. The largest absolute Gasteiger partial charge is 0.497 e. The summed E-state index contributed by atoms with van der Waals surface area (Å²) in [5.74, 6) is -0.0757. The number of aromatic nitrogens is 3. The quantitative estimate of drug-likeness (QED) is 0.319. The Morgan fingerprint density at radius 3 is 2.73 bits per heavy atom. The van der Waals surface area contributed by atoms with Crippen molar-refractivity contribution in [2.45, 2.75) is 24.3 Å². The normalized spacial score (nSPS) is 16.6. The molecule has 9 nitrogen and oxygen atoms in total. The topological polar surface area (TPSA) is 97.6 Å². The predicted octanol–water partition coefficient (Wildman–Crippen LogP) is 4.29. The lowest BCUT2D eigenvalue weighted by molar-refractivity contribution is -0.123. The molecular weight excluding hydrogens is 534 g/mol. The van der Waals surface area contributed by atoms with Gasteiger partial charge in [-0.05, 0) is 55.3 Å². The fourth-order valence-electron chi connectivity index (χ4n) is 4.43. The van der Waals surface area contributed by atoms with Crippen LogP contribution in [0.1, 0.15) is 12.8 Å². The summed E-state index contributed by atoms with van der Waals surface area (Å²) in [5.41, 5.74) is 0.647. The standard InChI is InChI=1S/C25H26ClN5O4S2/c1-35-19-8-10-20(11-9-19)37(33,34)30-14-3-5-18(17-30)24(32)31(16-15-29-13-4-12-27-29)25-28-23-21(26)6-2-7-22(23)36-25/h2,4,6-13,18H,3,5,14-17H2,1H3. The highest BCUT2D eigenvalue weighted by atomic mass is 35.5. The van der Waals surface area contributed by atoms with Crippen LogP contribution in [0.3, 0.4) is 0 Å². The number of carbonyl (C=O) groups is 1. The van der Waals surface area contributed by atoms with Crippen molar-refractivity contribution in [2.24, 2.45) is 5.92 Å². The van der Waals surface area contributed by atoms with Crippen LogP contribution < -0.4 is 9.64 Å². The maximum atomic E-state index is 13.9. The number of carbonyl (C=O) groups excluding carboxylic acids is 1. The molecule has 3 heterocycles. The van der Waals surface area contributed by atoms with Gasteiger partial charge in [-0.2, -0.15) is 9.40 Å². The summed E-state index contributed by atoms with van der Waals surface area (Å²) in [6.45, 7) is 1.29. The molecule has 1 amide bonds. The van der Waals surface area contributed by atoms with Crippen LogP contribution in [0.5, 0.6) is 5.75 Å². The molecule has 1 aliphatic rings. The fraction of sp³-hybridized carbons (Fsp3) is 0.320. The number of piperidine rings is 1. The van der Waals surface area contributed by atoms with E-state index in [1.54, 1.807) is 34.0 Å². The van der Waals surface area contributed by atoms with Crippen molar-refractivity contribution < 1.29 is 17.9 Å². The third-order valence-electron chi connectivity index (χ3n) is 6.40. The molecular formula is C25H26ClN5O4S2. The van der Waals surface area contributed by atoms with Gasteiger partial charge in [-0.3, -0.25) is 14.4 Å². The molecule has 0 saturated carbocycles. The molecule has 4 aromatic rings. The summed E-state index contributed by atoms with van der Waals surface area (Å²) >= 11 is 7.75. The molecule has 1 fully saturated rings. The molecule has 0 spiro atoms. The molecule has 2 aromatic carbocycles. The van der Waals surface area contributed by atoms with Crippen LogP contribution in [0.2, 0.25) is 5.02 Å². The van der Waals surface area contributed by atoms with Crippen molar-refractivity contribution in [3.05, 3.63) is 65.9 Å². The van der Waals surface area contributed by atoms with Gasteiger partial charge in [0.25, 0.3) is 0 Å². The van der Waals surface area contributed by atoms with E-state index in [1.165, 1.54) is 34.9 Å². The minimum atomic E-state index is -3.76. The number of thiazole rings is 1. The van der Waals surface area contributed by atoms with Gasteiger partial charge in [0, 0.05) is 32.0 Å². The maximum absolute atomic E-state index is 13.9. The first-order valence-electron chi connectivity index (χ1n) is 11.8. The molecule has 1 atom stereocenters. The number of ether oxygens (including phenoxy) is 1. The summed E-state index contributed by atoms with van der Waals surface area (Å²) in [6.07, 6.45) is 4.70. The first-order valence-corrected chi connectivity index (χ1v) is 14.5. The Labute approximate surface area is 224 Å². The highest BCUT2D eigenvalue weighted by Crippen LogP contribution is 2.34. The van der Waals surface area contributed by atoms with Crippen LogP contribution in [0, 0.1) is 5.92 Å². The Hall–Kier alpha value is -2.99. The highest BCUT2D eigenvalue weighted by Gasteiger charge is 2.36. The zero-order valence-electron chi connectivity index (χ0n) is 20.2. The Bertz CT molecular complexity index is 1490. The van der Waals surface area contributed by atoms with Crippen molar-refractivity contribution in [2.75, 3.05) is 31.6 Å². The molecule has 1 unspecified atom stereocenters. The predicted molar refractivity (Wildman–Crippen MR) is 144 cm³/mol. The number of methoxy groups -OCH3 is 1. The summed E-state index contributed by atoms with van der Waals surface area (Å²) in [7, 11) is -2.23. The number of hydrogen-bond acceptors (Lipinski definition) is 7. The SMILES string of the molecule is COc1ccc(S(=O)(=O)N2CCCC(C(=O)N(CCn3cccn3)c3nc4c(Cl)cccc4s3)C2)cc1. The van der Waals surface area contributed by atoms with Crippen molar-refractivity contribution >= 4 is 54.2 Å². The molecule has 1 aliphatic heterocycles. The number of anilines is 1. The van der Waals surface area contributed by atoms with Gasteiger partial charge in [0.15, 0.2) is 5.13 Å². The monoisotopic (exact) mass is 559 g/mol. The van der Waals surface area contributed by atoms with E-state index in [4.69, 9.17) is 16.3 Å². The van der Waals surface area contributed by atoms with Gasteiger partial charge < -0.3 is 4.74 Å². The Morgan fingerprint density at radius 2 is 2.03 bits per heavy atom. The van der Waals surface area contributed by atoms with Gasteiger partial charge in [-0.1, -0.05) is 29.0 Å². The van der Waals surface area contributed by atoms with E-state index in [0.29, 0.717) is 53.9 Å². The van der Waals surface area contributed by atoms with E-state index in [-0.39, 0.29) is 17.3 Å². The minimum Gasteiger partial charge on any atom is -0.497 e. The van der Waals surface area contributed by atoms with Crippen LogP contribution in [0.4, 0.5) is 5.13 Å². The molecule has 0 bridgehead atoms. The van der Waals surface area contributed by atoms with Crippen LogP contribution in [-0.4, -0.2) is 60.1 Å². The number of hydrogen-bond donors (Lipinski definition) is 0. The van der Waals surface area contributed by atoms with E-state index in [9.17, 15) is 13.2 Å². The number of sulfonamides is 1. The number of benzene rings is 2. The van der Waals surface area contributed by atoms with Crippen LogP contribution in [0.15, 0.2) is 65.8 Å². The fourth-order valence-corrected chi connectivity index (χ4v) is 7.25. The highest BCUT2D eigenvalue weighted by molar-refractivity contribution is 7.89. The summed E-state index contributed by atoms with van der Waals surface area (Å²) in [5, 5.41) is 5.30. The van der Waals surface area contributed by atoms with Crippen molar-refractivity contribution in [3.8, 4) is 5.75 Å². The average molecular weight is 560 g/mol. The van der Waals surface area contributed by atoms with Gasteiger partial charge >= 0.3 is 0 Å². The van der Waals surface area contributed by atoms with Gasteiger partial charge in [0.2, 0.25) is 15.9 Å². The molecule has 0 N–H and O–H groups in total. The number of amides is 1. The van der Waals surface area contributed by atoms with Gasteiger partial charge in [-0.25, -0.2) is 13.4 Å². The zero-order valence-corrected chi connectivity index (χ0v) is 22.5. The molecule has 2 aromatic heterocycles. The lowest BCUT2D eigenvalue weighted by atomic mass is 9.98. The molecule has 5 rings (SSSR count). The van der Waals surface area contributed by atoms with E-state index in [2.05, 4.69) is 10.1 Å². The average Bonchev–Trinajstić information content (AvgIpc) is 3.60. The summed E-state index contributed by atoms with van der Waals surface area (Å²) in [4.78, 5) is 20.4. The van der Waals surface area contributed by atoms with E-state index in [0.717, 1.165) is 4.70 Å². The van der Waals surface area contributed by atoms with Gasteiger partial charge in [0.1, 0.15) is 11.3 Å². The van der Waals surface area contributed by atoms with Crippen molar-refractivity contribution in [1.29, 1.82) is 0 Å². The van der Waals surface area contributed by atoms with E-state index in [1.807, 2.05) is 24.4 Å². The minimum absolute atomic E-state index is 0.108. The number of rotatable bonds is 8. The molecule has 1 saturated heterocycles. The second-order valence-corrected chi connectivity index (χ2v) is 12.1. The number of para-hydroxylation sites is 1. The van der Waals surface area contributed by atoms with Crippen LogP contribution >= 0.6 is 22.9 Å². The Balaban J connectivity index is 1.40. The first kappa shape index (κ1) is 25.7. The second-order valence-electron chi connectivity index (χ2n) is 8.72. The molecule has 0 radical (unpaired) electrons. The lowest BCUT2D eigenvalue weighted by Crippen LogP contribution is -2.47. The van der Waals surface area contributed by atoms with Gasteiger partial charge in [-0.15, -0.1) is 0 Å². The Kier molecular flexibility index (Phi) is 7.47. The first-order chi connectivity index (χ1) is 17.9. The van der Waals surface area contributed by atoms with Crippen LogP contribution in [0.25, 0.3) is 10.2 Å². The van der Waals surface area contributed by atoms with Gasteiger partial charge in [0.05, 0.1) is 34.2 Å². The van der Waals surface area contributed by atoms with E-state index < -0.39 is 15.9 Å². The Morgan fingerprint density at radius 1 is 1.22 bits per heavy atom. The van der Waals surface area contributed by atoms with Crippen molar-refractivity contribution in [1.82, 2.24) is 19.1 Å². The molecule has 0 aliphatic carbocycles. The molecule has 12 heteroatoms. The third kappa shape index (κ3) is 5.35.